The Balaban J connectivity index is 1.57. The van der Waals surface area contributed by atoms with Gasteiger partial charge in [-0.1, -0.05) is 25.2 Å². The number of carbonyl (C=O) groups excluding carboxylic acids is 1. The molecule has 0 unspecified atom stereocenters. The van der Waals surface area contributed by atoms with Gasteiger partial charge in [0, 0.05) is 31.4 Å². The van der Waals surface area contributed by atoms with Gasteiger partial charge in [-0.25, -0.2) is 4.98 Å². The third-order valence-corrected chi connectivity index (χ3v) is 6.24. The topological polar surface area (TPSA) is 82.8 Å². The first-order valence-electron chi connectivity index (χ1n) is 10.1. The number of nitrogens with one attached hydrogen (secondary N) is 1. The predicted octanol–water partition coefficient (Wildman–Crippen LogP) is 1.52. The summed E-state index contributed by atoms with van der Waals surface area (Å²) in [5.74, 6) is 0.0807. The molecule has 1 fully saturated rings. The summed E-state index contributed by atoms with van der Waals surface area (Å²) in [6.07, 6.45) is 2.80. The van der Waals surface area contributed by atoms with Crippen LogP contribution in [-0.2, 0) is 4.79 Å². The monoisotopic (exact) mass is 406 g/mol. The maximum absolute atomic E-state index is 12.6. The summed E-state index contributed by atoms with van der Waals surface area (Å²) >= 11 is 1.40. The maximum atomic E-state index is 12.6. The van der Waals surface area contributed by atoms with E-state index >= 15 is 0 Å². The summed E-state index contributed by atoms with van der Waals surface area (Å²) in [4.78, 5) is 34.1. The molecule has 0 saturated carbocycles. The number of aromatic nitrogens is 3. The number of rotatable bonds is 8. The summed E-state index contributed by atoms with van der Waals surface area (Å²) in [5, 5.41) is 8.29. The molecule has 1 aliphatic heterocycles. The normalized spacial score (nSPS) is 17.4. The van der Waals surface area contributed by atoms with Crippen LogP contribution in [0, 0.1) is 12.8 Å². The van der Waals surface area contributed by atoms with Crippen LogP contribution in [0.3, 0.4) is 0 Å². The van der Waals surface area contributed by atoms with E-state index in [0.717, 1.165) is 50.6 Å². The van der Waals surface area contributed by atoms with E-state index in [2.05, 4.69) is 39.0 Å². The van der Waals surface area contributed by atoms with E-state index in [-0.39, 0.29) is 17.4 Å². The number of piperidine rings is 1. The second-order valence-corrected chi connectivity index (χ2v) is 8.21. The van der Waals surface area contributed by atoms with Crippen LogP contribution in [0.25, 0.3) is 4.96 Å². The molecule has 9 heteroatoms. The van der Waals surface area contributed by atoms with Crippen molar-refractivity contribution in [2.75, 3.05) is 44.2 Å². The Morgan fingerprint density at radius 3 is 2.93 bits per heavy atom. The second kappa shape index (κ2) is 9.47. The lowest BCUT2D eigenvalue weighted by molar-refractivity contribution is -0.125. The molecule has 1 saturated heterocycles. The van der Waals surface area contributed by atoms with Gasteiger partial charge in [0.15, 0.2) is 0 Å². The molecule has 3 rings (SSSR count). The SMILES string of the molecule is CCN(CC)CCCNC(=O)[C@@H]1CCCN(c2nn3c(=O)cc(C)nc3s2)C1. The first kappa shape index (κ1) is 20.7. The van der Waals surface area contributed by atoms with Crippen molar-refractivity contribution >= 4 is 27.3 Å². The molecule has 1 atom stereocenters. The van der Waals surface area contributed by atoms with E-state index in [0.29, 0.717) is 23.7 Å². The minimum Gasteiger partial charge on any atom is -0.356 e. The average molecular weight is 407 g/mol. The van der Waals surface area contributed by atoms with E-state index in [1.165, 1.54) is 21.9 Å². The number of hydrogen-bond donors (Lipinski definition) is 1. The Morgan fingerprint density at radius 1 is 1.39 bits per heavy atom. The standard InChI is InChI=1S/C19H30N6O2S/c1-4-23(5-2)10-7-9-20-17(27)15-8-6-11-24(13-15)19-22-25-16(26)12-14(3)21-18(25)28-19/h12,15H,4-11,13H2,1-3H3,(H,20,27)/t15-/m1/s1. The zero-order valence-electron chi connectivity index (χ0n) is 17.0. The van der Waals surface area contributed by atoms with Crippen molar-refractivity contribution in [3.05, 3.63) is 22.1 Å². The third-order valence-electron chi connectivity index (χ3n) is 5.27. The van der Waals surface area contributed by atoms with Crippen LogP contribution in [0.15, 0.2) is 10.9 Å². The molecule has 28 heavy (non-hydrogen) atoms. The van der Waals surface area contributed by atoms with Crippen LogP contribution in [0.5, 0.6) is 0 Å². The molecule has 0 radical (unpaired) electrons. The van der Waals surface area contributed by atoms with E-state index in [1.54, 1.807) is 0 Å². The molecule has 1 N–H and O–H groups in total. The fourth-order valence-corrected chi connectivity index (χ4v) is 4.59. The van der Waals surface area contributed by atoms with E-state index in [4.69, 9.17) is 0 Å². The van der Waals surface area contributed by atoms with Crippen LogP contribution >= 0.6 is 11.3 Å². The number of fused-ring (bicyclic) bond motifs is 1. The number of carbonyl (C=O) groups is 1. The van der Waals surface area contributed by atoms with Gasteiger partial charge in [-0.2, -0.15) is 4.52 Å². The largest absolute Gasteiger partial charge is 0.356 e. The van der Waals surface area contributed by atoms with Gasteiger partial charge >= 0.3 is 0 Å². The Morgan fingerprint density at radius 2 is 2.18 bits per heavy atom. The molecule has 154 valence electrons. The van der Waals surface area contributed by atoms with Gasteiger partial charge in [0.2, 0.25) is 16.0 Å². The minimum absolute atomic E-state index is 0.0411. The van der Waals surface area contributed by atoms with Gasteiger partial charge < -0.3 is 15.1 Å². The number of nitrogens with zero attached hydrogens (tertiary/aromatic N) is 5. The highest BCUT2D eigenvalue weighted by molar-refractivity contribution is 7.20. The number of anilines is 1. The van der Waals surface area contributed by atoms with Crippen LogP contribution in [0.2, 0.25) is 0 Å². The first-order chi connectivity index (χ1) is 13.5. The Labute approximate surface area is 169 Å². The zero-order valence-corrected chi connectivity index (χ0v) is 17.8. The Bertz CT molecular complexity index is 860. The summed E-state index contributed by atoms with van der Waals surface area (Å²) in [6, 6.07) is 1.49. The highest BCUT2D eigenvalue weighted by Crippen LogP contribution is 2.26. The molecule has 2 aromatic rings. The predicted molar refractivity (Wildman–Crippen MR) is 112 cm³/mol. The lowest BCUT2D eigenvalue weighted by Crippen LogP contribution is -2.43. The molecule has 0 spiro atoms. The van der Waals surface area contributed by atoms with Crippen molar-refractivity contribution in [2.45, 2.75) is 40.0 Å². The summed E-state index contributed by atoms with van der Waals surface area (Å²) < 4.78 is 1.35. The molecular weight excluding hydrogens is 376 g/mol. The molecule has 0 bridgehead atoms. The minimum atomic E-state index is -0.162. The third kappa shape index (κ3) is 4.88. The van der Waals surface area contributed by atoms with E-state index < -0.39 is 0 Å². The fraction of sp³-hybridized carbons (Fsp3) is 0.684. The molecule has 0 aliphatic carbocycles. The van der Waals surface area contributed by atoms with Crippen LogP contribution in [0.4, 0.5) is 5.13 Å². The van der Waals surface area contributed by atoms with Crippen molar-refractivity contribution in [1.82, 2.24) is 24.8 Å². The second-order valence-electron chi connectivity index (χ2n) is 7.27. The quantitative estimate of drug-likeness (QED) is 0.670. The molecule has 2 aromatic heterocycles. The summed E-state index contributed by atoms with van der Waals surface area (Å²) in [7, 11) is 0. The first-order valence-corrected chi connectivity index (χ1v) is 11.0. The van der Waals surface area contributed by atoms with Crippen LogP contribution < -0.4 is 15.8 Å². The molecule has 1 aliphatic rings. The van der Waals surface area contributed by atoms with Gasteiger partial charge in [0.1, 0.15) is 0 Å². The highest BCUT2D eigenvalue weighted by atomic mass is 32.1. The highest BCUT2D eigenvalue weighted by Gasteiger charge is 2.27. The fourth-order valence-electron chi connectivity index (χ4n) is 3.60. The zero-order chi connectivity index (χ0) is 20.1. The summed E-state index contributed by atoms with van der Waals surface area (Å²) in [6.45, 7) is 11.4. The Kier molecular flexibility index (Phi) is 7.01. The molecule has 3 heterocycles. The van der Waals surface area contributed by atoms with Gasteiger partial charge in [0.05, 0.1) is 5.92 Å². The molecule has 8 nitrogen and oxygen atoms in total. The number of aryl methyl sites for hydroxylation is 1. The lowest BCUT2D eigenvalue weighted by Gasteiger charge is -2.31. The van der Waals surface area contributed by atoms with Gasteiger partial charge in [-0.05, 0) is 45.8 Å². The van der Waals surface area contributed by atoms with Gasteiger partial charge in [-0.15, -0.1) is 5.10 Å². The van der Waals surface area contributed by atoms with Crippen LogP contribution in [-0.4, -0.2) is 64.7 Å². The molecular formula is C19H30N6O2S. The van der Waals surface area contributed by atoms with E-state index in [1.807, 2.05) is 6.92 Å². The molecule has 1 amide bonds. The van der Waals surface area contributed by atoms with E-state index in [9.17, 15) is 9.59 Å². The lowest BCUT2D eigenvalue weighted by atomic mass is 9.97. The number of hydrogen-bond acceptors (Lipinski definition) is 7. The van der Waals surface area contributed by atoms with Crippen molar-refractivity contribution in [2.24, 2.45) is 5.92 Å². The van der Waals surface area contributed by atoms with Gasteiger partial charge in [0.25, 0.3) is 5.56 Å². The average Bonchev–Trinajstić information content (AvgIpc) is 3.12. The smallest absolute Gasteiger partial charge is 0.275 e. The van der Waals surface area contributed by atoms with Crippen molar-refractivity contribution in [3.63, 3.8) is 0 Å². The summed E-state index contributed by atoms with van der Waals surface area (Å²) in [5.41, 5.74) is 0.533. The Hall–Kier alpha value is -2.00. The molecule has 0 aromatic carbocycles. The van der Waals surface area contributed by atoms with Gasteiger partial charge in [-0.3, -0.25) is 9.59 Å². The van der Waals surface area contributed by atoms with Crippen molar-refractivity contribution in [3.8, 4) is 0 Å². The van der Waals surface area contributed by atoms with Crippen molar-refractivity contribution in [1.29, 1.82) is 0 Å². The van der Waals surface area contributed by atoms with Crippen molar-refractivity contribution < 1.29 is 4.79 Å². The van der Waals surface area contributed by atoms with Crippen LogP contribution in [0.1, 0.15) is 38.8 Å². The maximum Gasteiger partial charge on any atom is 0.275 e. The number of amides is 1.